The average Bonchev–Trinajstić information content (AvgIpc) is 2.16. The molecule has 0 aromatic heterocycles. The van der Waals surface area contributed by atoms with Crippen LogP contribution in [-0.4, -0.2) is 0 Å². The Balaban J connectivity index is 3.08. The first-order chi connectivity index (χ1) is 6.41. The zero-order valence-corrected chi connectivity index (χ0v) is 8.50. The van der Waals surface area contributed by atoms with Gasteiger partial charge in [-0.3, -0.25) is 0 Å². The molecule has 0 unspecified atom stereocenters. The molecule has 0 bridgehead atoms. The molecule has 13 heavy (non-hydrogen) atoms. The van der Waals surface area contributed by atoms with Gasteiger partial charge >= 0.3 is 0 Å². The van der Waals surface area contributed by atoms with Crippen molar-refractivity contribution in [3.63, 3.8) is 0 Å². The van der Waals surface area contributed by atoms with Gasteiger partial charge in [0.1, 0.15) is 0 Å². The maximum atomic E-state index is 8.22. The average molecular weight is 177 g/mol. The van der Waals surface area contributed by atoms with Gasteiger partial charge in [0.25, 0.3) is 0 Å². The third-order valence-electron chi connectivity index (χ3n) is 1.81. The van der Waals surface area contributed by atoms with Crippen molar-refractivity contribution >= 4 is 0 Å². The van der Waals surface area contributed by atoms with Crippen molar-refractivity contribution in [2.24, 2.45) is 0 Å². The van der Waals surface area contributed by atoms with Gasteiger partial charge in [0, 0.05) is 6.08 Å². The van der Waals surface area contributed by atoms with Gasteiger partial charge in [-0.25, -0.2) is 0 Å². The molecule has 0 N–H and O–H groups in total. The number of allylic oxidation sites excluding steroid dienone is 4. The summed E-state index contributed by atoms with van der Waals surface area (Å²) in [5, 5.41) is 8.22. The summed E-state index contributed by atoms with van der Waals surface area (Å²) < 4.78 is 0. The van der Waals surface area contributed by atoms with Crippen LogP contribution < -0.4 is 0 Å². The standard InChI is InChI=1S/C12H19N/c1-2-3-4-5-6-7-8-9-10-11-12-13/h4-5,10-11H,2-3,6-9H2,1H3. The molecule has 0 aromatic carbocycles. The third kappa shape index (κ3) is 11.0. The minimum Gasteiger partial charge on any atom is -0.193 e. The summed E-state index contributed by atoms with van der Waals surface area (Å²) in [4.78, 5) is 0. The normalized spacial score (nSPS) is 11.1. The Morgan fingerprint density at radius 3 is 2.23 bits per heavy atom. The highest BCUT2D eigenvalue weighted by Gasteiger charge is 1.82. The second-order valence-corrected chi connectivity index (χ2v) is 3.08. The van der Waals surface area contributed by atoms with Crippen molar-refractivity contribution in [1.82, 2.24) is 0 Å². The van der Waals surface area contributed by atoms with Gasteiger partial charge in [-0.15, -0.1) is 0 Å². The summed E-state index contributed by atoms with van der Waals surface area (Å²) in [6.45, 7) is 2.19. The third-order valence-corrected chi connectivity index (χ3v) is 1.81. The van der Waals surface area contributed by atoms with Crippen molar-refractivity contribution < 1.29 is 0 Å². The van der Waals surface area contributed by atoms with E-state index in [9.17, 15) is 0 Å². The van der Waals surface area contributed by atoms with E-state index in [0.29, 0.717) is 0 Å². The first-order valence-electron chi connectivity index (χ1n) is 5.11. The molecule has 1 heteroatoms. The Labute approximate surface area is 81.8 Å². The zero-order chi connectivity index (χ0) is 9.78. The van der Waals surface area contributed by atoms with Crippen LogP contribution in [0.25, 0.3) is 0 Å². The summed E-state index contributed by atoms with van der Waals surface area (Å²) in [6.07, 6.45) is 15.1. The Morgan fingerprint density at radius 1 is 1.00 bits per heavy atom. The molecule has 0 rings (SSSR count). The first kappa shape index (κ1) is 12.0. The quantitative estimate of drug-likeness (QED) is 0.328. The SMILES string of the molecule is CCCC=CCCCCC=CC#N. The zero-order valence-electron chi connectivity index (χ0n) is 8.50. The molecule has 0 spiro atoms. The molecule has 0 amide bonds. The molecule has 1 nitrogen and oxygen atoms in total. The van der Waals surface area contributed by atoms with Crippen LogP contribution in [0.4, 0.5) is 0 Å². The second-order valence-electron chi connectivity index (χ2n) is 3.08. The molecule has 0 saturated carbocycles. The maximum Gasteiger partial charge on any atom is 0.0908 e. The van der Waals surface area contributed by atoms with Gasteiger partial charge in [0.2, 0.25) is 0 Å². The Kier molecular flexibility index (Phi) is 10.1. The van der Waals surface area contributed by atoms with Gasteiger partial charge in [-0.2, -0.15) is 5.26 Å². The molecule has 0 atom stereocenters. The van der Waals surface area contributed by atoms with Crippen LogP contribution in [0.2, 0.25) is 0 Å². The summed E-state index contributed by atoms with van der Waals surface area (Å²) in [7, 11) is 0. The topological polar surface area (TPSA) is 23.8 Å². The van der Waals surface area contributed by atoms with Gasteiger partial charge in [-0.05, 0) is 32.1 Å². The Bertz CT molecular complexity index is 184. The second kappa shape index (κ2) is 11.0. The maximum absolute atomic E-state index is 8.22. The van der Waals surface area contributed by atoms with Crippen LogP contribution in [-0.2, 0) is 0 Å². The molecule has 0 aromatic rings. The van der Waals surface area contributed by atoms with Crippen LogP contribution in [0.15, 0.2) is 24.3 Å². The molecule has 0 aliphatic heterocycles. The van der Waals surface area contributed by atoms with Gasteiger partial charge in [0.05, 0.1) is 6.07 Å². The lowest BCUT2D eigenvalue weighted by Crippen LogP contribution is -1.72. The van der Waals surface area contributed by atoms with Crippen LogP contribution in [0.5, 0.6) is 0 Å². The smallest absolute Gasteiger partial charge is 0.0908 e. The minimum atomic E-state index is 1.04. The van der Waals surface area contributed by atoms with E-state index in [0.717, 1.165) is 6.42 Å². The molecule has 0 aliphatic carbocycles. The van der Waals surface area contributed by atoms with E-state index in [-0.39, 0.29) is 0 Å². The van der Waals surface area contributed by atoms with E-state index in [4.69, 9.17) is 5.26 Å². The summed E-state index contributed by atoms with van der Waals surface area (Å²) in [5.74, 6) is 0. The monoisotopic (exact) mass is 177 g/mol. The molecular weight excluding hydrogens is 158 g/mol. The van der Waals surface area contributed by atoms with Crippen LogP contribution in [0.3, 0.4) is 0 Å². The highest BCUT2D eigenvalue weighted by Crippen LogP contribution is 2.02. The van der Waals surface area contributed by atoms with E-state index >= 15 is 0 Å². The molecule has 72 valence electrons. The summed E-state index contributed by atoms with van der Waals surface area (Å²) >= 11 is 0. The Morgan fingerprint density at radius 2 is 1.62 bits per heavy atom. The number of rotatable bonds is 7. The first-order valence-corrected chi connectivity index (χ1v) is 5.11. The predicted molar refractivity (Wildman–Crippen MR) is 57.3 cm³/mol. The van der Waals surface area contributed by atoms with Crippen molar-refractivity contribution in [3.8, 4) is 6.07 Å². The van der Waals surface area contributed by atoms with E-state index in [1.807, 2.05) is 12.1 Å². The Hall–Kier alpha value is -1.03. The number of nitrogens with zero attached hydrogens (tertiary/aromatic N) is 1. The molecule has 0 saturated heterocycles. The van der Waals surface area contributed by atoms with Crippen molar-refractivity contribution in [2.75, 3.05) is 0 Å². The van der Waals surface area contributed by atoms with Crippen molar-refractivity contribution in [2.45, 2.75) is 45.4 Å². The molecule has 0 heterocycles. The highest BCUT2D eigenvalue weighted by molar-refractivity contribution is 5.01. The molecule has 0 aliphatic rings. The molecular formula is C12H19N. The van der Waals surface area contributed by atoms with Gasteiger partial charge in [-0.1, -0.05) is 31.6 Å². The molecule has 0 radical (unpaired) electrons. The fourth-order valence-electron chi connectivity index (χ4n) is 1.06. The summed E-state index contributed by atoms with van der Waals surface area (Å²) in [6, 6.07) is 1.99. The van der Waals surface area contributed by atoms with E-state index < -0.39 is 0 Å². The van der Waals surface area contributed by atoms with Gasteiger partial charge in [0.15, 0.2) is 0 Å². The summed E-state index contributed by atoms with van der Waals surface area (Å²) in [5.41, 5.74) is 0. The lowest BCUT2D eigenvalue weighted by atomic mass is 10.1. The minimum absolute atomic E-state index is 1.04. The van der Waals surface area contributed by atoms with Gasteiger partial charge < -0.3 is 0 Å². The highest BCUT2D eigenvalue weighted by atomic mass is 14.2. The number of hydrogen-bond acceptors (Lipinski definition) is 1. The lowest BCUT2D eigenvalue weighted by molar-refractivity contribution is 0.760. The fraction of sp³-hybridized carbons (Fsp3) is 0.583. The van der Waals surface area contributed by atoms with Crippen molar-refractivity contribution in [1.29, 1.82) is 5.26 Å². The van der Waals surface area contributed by atoms with E-state index in [2.05, 4.69) is 19.1 Å². The molecule has 0 fully saturated rings. The lowest BCUT2D eigenvalue weighted by Gasteiger charge is -1.92. The number of unbranched alkanes of at least 4 members (excludes halogenated alkanes) is 4. The van der Waals surface area contributed by atoms with Crippen LogP contribution in [0.1, 0.15) is 45.4 Å². The number of hydrogen-bond donors (Lipinski definition) is 0. The van der Waals surface area contributed by atoms with Crippen molar-refractivity contribution in [3.05, 3.63) is 24.3 Å². The largest absolute Gasteiger partial charge is 0.193 e. The van der Waals surface area contributed by atoms with Crippen LogP contribution in [0, 0.1) is 11.3 Å². The van der Waals surface area contributed by atoms with E-state index in [1.165, 1.54) is 32.1 Å². The van der Waals surface area contributed by atoms with E-state index in [1.54, 1.807) is 6.08 Å². The fourth-order valence-corrected chi connectivity index (χ4v) is 1.06. The predicted octanol–water partition coefficient (Wildman–Crippen LogP) is 3.98. The van der Waals surface area contributed by atoms with Crippen LogP contribution >= 0.6 is 0 Å². The number of nitriles is 1.